The second kappa shape index (κ2) is 6.86. The molecule has 0 spiro atoms. The molecule has 0 rings (SSSR count). The number of methoxy groups -OCH3 is 2. The minimum absolute atomic E-state index is 0.0608. The lowest BCUT2D eigenvalue weighted by molar-refractivity contribution is -0.122. The summed E-state index contributed by atoms with van der Waals surface area (Å²) in [4.78, 5) is 10.7. The third kappa shape index (κ3) is 5.60. The first-order chi connectivity index (χ1) is 6.11. The standard InChI is InChI=1S/C9H19NO3/c1-7(9(10)11)5-4-6-8(12-2)13-3/h7-8H,4-6H2,1-3H3,(H2,10,11). The predicted molar refractivity (Wildman–Crippen MR) is 50.0 cm³/mol. The monoisotopic (exact) mass is 189 g/mol. The van der Waals surface area contributed by atoms with E-state index in [1.54, 1.807) is 14.2 Å². The molecule has 0 saturated heterocycles. The third-order valence-corrected chi connectivity index (χ3v) is 2.09. The summed E-state index contributed by atoms with van der Waals surface area (Å²) in [6.07, 6.45) is 2.31. The quantitative estimate of drug-likeness (QED) is 0.605. The largest absolute Gasteiger partial charge is 0.369 e. The molecule has 2 N–H and O–H groups in total. The summed E-state index contributed by atoms with van der Waals surface area (Å²) in [5.74, 6) is -0.305. The zero-order valence-electron chi connectivity index (χ0n) is 8.58. The van der Waals surface area contributed by atoms with Crippen LogP contribution in [0.2, 0.25) is 0 Å². The van der Waals surface area contributed by atoms with Crippen molar-refractivity contribution in [1.82, 2.24) is 0 Å². The molecule has 0 heterocycles. The third-order valence-electron chi connectivity index (χ3n) is 2.09. The molecule has 0 bridgehead atoms. The Balaban J connectivity index is 3.48. The lowest BCUT2D eigenvalue weighted by Crippen LogP contribution is -2.21. The summed E-state index contributed by atoms with van der Waals surface area (Å²) in [5, 5.41) is 0. The van der Waals surface area contributed by atoms with Crippen LogP contribution in [0.5, 0.6) is 0 Å². The van der Waals surface area contributed by atoms with Crippen LogP contribution < -0.4 is 5.73 Å². The Morgan fingerprint density at radius 2 is 1.85 bits per heavy atom. The SMILES string of the molecule is COC(CCCC(C)C(N)=O)OC. The average molecular weight is 189 g/mol. The Morgan fingerprint density at radius 3 is 2.23 bits per heavy atom. The highest BCUT2D eigenvalue weighted by atomic mass is 16.7. The van der Waals surface area contributed by atoms with E-state index in [-0.39, 0.29) is 18.1 Å². The van der Waals surface area contributed by atoms with Crippen LogP contribution in [0.15, 0.2) is 0 Å². The number of carbonyl (C=O) groups is 1. The first kappa shape index (κ1) is 12.4. The van der Waals surface area contributed by atoms with Gasteiger partial charge in [-0.25, -0.2) is 0 Å². The van der Waals surface area contributed by atoms with Crippen LogP contribution in [0, 0.1) is 5.92 Å². The van der Waals surface area contributed by atoms with Crippen molar-refractivity contribution in [3.8, 4) is 0 Å². The summed E-state index contributed by atoms with van der Waals surface area (Å²) in [6.45, 7) is 1.83. The zero-order valence-corrected chi connectivity index (χ0v) is 8.58. The Hall–Kier alpha value is -0.610. The van der Waals surface area contributed by atoms with Crippen molar-refractivity contribution >= 4 is 5.91 Å². The van der Waals surface area contributed by atoms with Crippen LogP contribution >= 0.6 is 0 Å². The number of hydrogen-bond donors (Lipinski definition) is 1. The van der Waals surface area contributed by atoms with Gasteiger partial charge in [0, 0.05) is 20.1 Å². The fraction of sp³-hybridized carbons (Fsp3) is 0.889. The molecule has 4 heteroatoms. The van der Waals surface area contributed by atoms with E-state index in [0.717, 1.165) is 19.3 Å². The van der Waals surface area contributed by atoms with Gasteiger partial charge in [-0.3, -0.25) is 4.79 Å². The molecule has 0 aliphatic heterocycles. The lowest BCUT2D eigenvalue weighted by Gasteiger charge is -2.13. The van der Waals surface area contributed by atoms with Crippen molar-refractivity contribution in [3.63, 3.8) is 0 Å². The molecule has 0 aromatic heterocycles. The van der Waals surface area contributed by atoms with E-state index in [9.17, 15) is 4.79 Å². The van der Waals surface area contributed by atoms with E-state index < -0.39 is 0 Å². The molecular formula is C9H19NO3. The van der Waals surface area contributed by atoms with Gasteiger partial charge in [-0.2, -0.15) is 0 Å². The van der Waals surface area contributed by atoms with Crippen molar-refractivity contribution < 1.29 is 14.3 Å². The van der Waals surface area contributed by atoms with Crippen LogP contribution in [0.3, 0.4) is 0 Å². The molecule has 0 aromatic rings. The zero-order chi connectivity index (χ0) is 10.3. The van der Waals surface area contributed by atoms with E-state index in [2.05, 4.69) is 0 Å². The van der Waals surface area contributed by atoms with Gasteiger partial charge >= 0.3 is 0 Å². The normalized spacial score (nSPS) is 13.2. The number of carbonyl (C=O) groups excluding carboxylic acids is 1. The minimum atomic E-state index is -0.244. The van der Waals surface area contributed by atoms with Crippen molar-refractivity contribution in [2.45, 2.75) is 32.5 Å². The Bertz CT molecular complexity index is 146. The van der Waals surface area contributed by atoms with Crippen molar-refractivity contribution in [2.24, 2.45) is 11.7 Å². The summed E-state index contributed by atoms with van der Waals surface area (Å²) >= 11 is 0. The van der Waals surface area contributed by atoms with Crippen LogP contribution in [-0.2, 0) is 14.3 Å². The second-order valence-electron chi connectivity index (χ2n) is 3.14. The van der Waals surface area contributed by atoms with Gasteiger partial charge in [0.2, 0.25) is 5.91 Å². The van der Waals surface area contributed by atoms with E-state index in [1.807, 2.05) is 6.92 Å². The van der Waals surface area contributed by atoms with Gasteiger partial charge in [0.25, 0.3) is 0 Å². The highest BCUT2D eigenvalue weighted by molar-refractivity contribution is 5.76. The van der Waals surface area contributed by atoms with E-state index in [1.165, 1.54) is 0 Å². The molecule has 0 aromatic carbocycles. The van der Waals surface area contributed by atoms with Gasteiger partial charge < -0.3 is 15.2 Å². The molecular weight excluding hydrogens is 170 g/mol. The molecule has 4 nitrogen and oxygen atoms in total. The Morgan fingerprint density at radius 1 is 1.31 bits per heavy atom. The van der Waals surface area contributed by atoms with Crippen LogP contribution in [0.1, 0.15) is 26.2 Å². The highest BCUT2D eigenvalue weighted by Crippen LogP contribution is 2.10. The van der Waals surface area contributed by atoms with Gasteiger partial charge in [-0.15, -0.1) is 0 Å². The molecule has 78 valence electrons. The molecule has 0 aliphatic rings. The molecule has 0 fully saturated rings. The second-order valence-corrected chi connectivity index (χ2v) is 3.14. The predicted octanol–water partition coefficient (Wildman–Crippen LogP) is 0.897. The summed E-state index contributed by atoms with van der Waals surface area (Å²) in [6, 6.07) is 0. The summed E-state index contributed by atoms with van der Waals surface area (Å²) < 4.78 is 10.0. The highest BCUT2D eigenvalue weighted by Gasteiger charge is 2.10. The number of ether oxygens (including phenoxy) is 2. The van der Waals surface area contributed by atoms with Crippen molar-refractivity contribution in [1.29, 1.82) is 0 Å². The minimum Gasteiger partial charge on any atom is -0.369 e. The van der Waals surface area contributed by atoms with Gasteiger partial charge in [0.05, 0.1) is 0 Å². The van der Waals surface area contributed by atoms with Gasteiger partial charge in [-0.05, 0) is 19.3 Å². The number of rotatable bonds is 7. The maximum Gasteiger partial charge on any atom is 0.220 e. The molecule has 0 radical (unpaired) electrons. The Labute approximate surface area is 79.4 Å². The number of nitrogens with two attached hydrogens (primary N) is 1. The van der Waals surface area contributed by atoms with E-state index in [0.29, 0.717) is 0 Å². The van der Waals surface area contributed by atoms with E-state index >= 15 is 0 Å². The first-order valence-electron chi connectivity index (χ1n) is 4.46. The van der Waals surface area contributed by atoms with Crippen LogP contribution in [0.4, 0.5) is 0 Å². The molecule has 0 saturated carbocycles. The molecule has 1 atom stereocenters. The van der Waals surface area contributed by atoms with E-state index in [4.69, 9.17) is 15.2 Å². The smallest absolute Gasteiger partial charge is 0.220 e. The number of primary amides is 1. The van der Waals surface area contributed by atoms with Gasteiger partial charge in [0.15, 0.2) is 6.29 Å². The van der Waals surface area contributed by atoms with Crippen molar-refractivity contribution in [3.05, 3.63) is 0 Å². The maximum absolute atomic E-state index is 10.7. The maximum atomic E-state index is 10.7. The number of amides is 1. The lowest BCUT2D eigenvalue weighted by atomic mass is 10.0. The molecule has 1 amide bonds. The van der Waals surface area contributed by atoms with Crippen LogP contribution in [0.25, 0.3) is 0 Å². The van der Waals surface area contributed by atoms with Crippen LogP contribution in [-0.4, -0.2) is 26.4 Å². The van der Waals surface area contributed by atoms with Gasteiger partial charge in [-0.1, -0.05) is 6.92 Å². The average Bonchev–Trinajstić information content (AvgIpc) is 2.12. The Kier molecular flexibility index (Phi) is 6.54. The molecule has 0 aliphatic carbocycles. The first-order valence-corrected chi connectivity index (χ1v) is 4.46. The summed E-state index contributed by atoms with van der Waals surface area (Å²) in [7, 11) is 3.21. The summed E-state index contributed by atoms with van der Waals surface area (Å²) in [5.41, 5.74) is 5.12. The fourth-order valence-electron chi connectivity index (χ4n) is 1.06. The molecule has 1 unspecified atom stereocenters. The van der Waals surface area contributed by atoms with Crippen molar-refractivity contribution in [2.75, 3.05) is 14.2 Å². The topological polar surface area (TPSA) is 61.5 Å². The molecule has 13 heavy (non-hydrogen) atoms. The fourth-order valence-corrected chi connectivity index (χ4v) is 1.06. The van der Waals surface area contributed by atoms with Gasteiger partial charge in [0.1, 0.15) is 0 Å². The number of hydrogen-bond acceptors (Lipinski definition) is 3.